The molecule has 27 heavy (non-hydrogen) atoms. The van der Waals surface area contributed by atoms with E-state index in [1.807, 2.05) is 0 Å². The first-order chi connectivity index (χ1) is 12.8. The third kappa shape index (κ3) is 3.77. The lowest BCUT2D eigenvalue weighted by Gasteiger charge is -2.16. The molecule has 0 unspecified atom stereocenters. The van der Waals surface area contributed by atoms with Crippen LogP contribution in [-0.4, -0.2) is 15.0 Å². The van der Waals surface area contributed by atoms with Crippen LogP contribution in [0.1, 0.15) is 38.9 Å². The standard InChI is InChI=1S/C22H27N5/c1-12-8-9-19(17(6)14(12)3)25-21-23-11-24-22(27-21)26-20-10-13(2)15(4)16(5)18(20)7/h8-11H,1-7H3,(H2,23,24,25,26,27). The van der Waals surface area contributed by atoms with Crippen molar-refractivity contribution in [3.05, 3.63) is 63.5 Å². The van der Waals surface area contributed by atoms with Crippen molar-refractivity contribution in [3.8, 4) is 0 Å². The monoisotopic (exact) mass is 361 g/mol. The summed E-state index contributed by atoms with van der Waals surface area (Å²) in [7, 11) is 0. The maximum atomic E-state index is 4.53. The van der Waals surface area contributed by atoms with Gasteiger partial charge in [0.05, 0.1) is 0 Å². The molecule has 5 nitrogen and oxygen atoms in total. The molecule has 1 aromatic heterocycles. The predicted molar refractivity (Wildman–Crippen MR) is 112 cm³/mol. The smallest absolute Gasteiger partial charge is 0.232 e. The van der Waals surface area contributed by atoms with Crippen LogP contribution in [0.15, 0.2) is 24.5 Å². The number of aryl methyl sites for hydroxylation is 2. The highest BCUT2D eigenvalue weighted by Crippen LogP contribution is 2.27. The molecule has 3 aromatic rings. The molecule has 0 radical (unpaired) electrons. The maximum absolute atomic E-state index is 4.53. The molecule has 0 bridgehead atoms. The van der Waals surface area contributed by atoms with Crippen molar-refractivity contribution in [2.45, 2.75) is 48.5 Å². The van der Waals surface area contributed by atoms with Crippen LogP contribution in [0, 0.1) is 48.5 Å². The molecule has 5 heteroatoms. The highest BCUT2D eigenvalue weighted by molar-refractivity contribution is 5.65. The van der Waals surface area contributed by atoms with Crippen LogP contribution in [-0.2, 0) is 0 Å². The number of nitrogens with zero attached hydrogens (tertiary/aromatic N) is 3. The van der Waals surface area contributed by atoms with Gasteiger partial charge >= 0.3 is 0 Å². The van der Waals surface area contributed by atoms with E-state index in [0.717, 1.165) is 11.4 Å². The van der Waals surface area contributed by atoms with E-state index in [-0.39, 0.29) is 0 Å². The van der Waals surface area contributed by atoms with Gasteiger partial charge in [0.15, 0.2) is 0 Å². The summed E-state index contributed by atoms with van der Waals surface area (Å²) in [5.41, 5.74) is 10.8. The largest absolute Gasteiger partial charge is 0.324 e. The zero-order chi connectivity index (χ0) is 19.7. The Bertz CT molecular complexity index is 1010. The lowest BCUT2D eigenvalue weighted by Crippen LogP contribution is -2.06. The molecule has 140 valence electrons. The van der Waals surface area contributed by atoms with E-state index in [9.17, 15) is 0 Å². The first-order valence-electron chi connectivity index (χ1n) is 9.15. The van der Waals surface area contributed by atoms with Crippen LogP contribution in [0.25, 0.3) is 0 Å². The van der Waals surface area contributed by atoms with Crippen LogP contribution in [0.4, 0.5) is 23.3 Å². The Hall–Kier alpha value is -2.95. The number of hydrogen-bond donors (Lipinski definition) is 2. The summed E-state index contributed by atoms with van der Waals surface area (Å²) in [6.45, 7) is 14.9. The van der Waals surface area contributed by atoms with Gasteiger partial charge in [-0.15, -0.1) is 0 Å². The maximum Gasteiger partial charge on any atom is 0.232 e. The summed E-state index contributed by atoms with van der Waals surface area (Å²) in [5, 5.41) is 6.65. The second-order valence-electron chi connectivity index (χ2n) is 7.18. The zero-order valence-electron chi connectivity index (χ0n) is 17.2. The molecule has 0 aliphatic carbocycles. The zero-order valence-corrected chi connectivity index (χ0v) is 17.2. The molecule has 2 aromatic carbocycles. The molecule has 0 atom stereocenters. The molecular weight excluding hydrogens is 334 g/mol. The Morgan fingerprint density at radius 1 is 0.593 bits per heavy atom. The van der Waals surface area contributed by atoms with E-state index in [1.54, 1.807) is 0 Å². The van der Waals surface area contributed by atoms with Crippen LogP contribution >= 0.6 is 0 Å². The number of aromatic nitrogens is 3. The first-order valence-corrected chi connectivity index (χ1v) is 9.15. The topological polar surface area (TPSA) is 62.7 Å². The van der Waals surface area contributed by atoms with Gasteiger partial charge in [-0.1, -0.05) is 6.07 Å². The Kier molecular flexibility index (Phi) is 5.13. The second kappa shape index (κ2) is 7.35. The van der Waals surface area contributed by atoms with E-state index in [0.29, 0.717) is 11.9 Å². The Morgan fingerprint density at radius 3 is 1.81 bits per heavy atom. The number of benzene rings is 2. The van der Waals surface area contributed by atoms with Gasteiger partial charge < -0.3 is 10.6 Å². The lowest BCUT2D eigenvalue weighted by atomic mass is 9.98. The van der Waals surface area contributed by atoms with Crippen LogP contribution in [0.2, 0.25) is 0 Å². The summed E-state index contributed by atoms with van der Waals surface area (Å²) in [6, 6.07) is 6.31. The van der Waals surface area contributed by atoms with Crippen molar-refractivity contribution in [1.82, 2.24) is 15.0 Å². The second-order valence-corrected chi connectivity index (χ2v) is 7.18. The quantitative estimate of drug-likeness (QED) is 0.641. The fourth-order valence-corrected chi connectivity index (χ4v) is 3.09. The minimum atomic E-state index is 0.525. The highest BCUT2D eigenvalue weighted by atomic mass is 15.2. The first kappa shape index (κ1) is 18.8. The molecule has 0 saturated carbocycles. The molecule has 0 fully saturated rings. The van der Waals surface area contributed by atoms with Crippen LogP contribution in [0.5, 0.6) is 0 Å². The van der Waals surface area contributed by atoms with Gasteiger partial charge in [-0.05, 0) is 99.5 Å². The summed E-state index contributed by atoms with van der Waals surface area (Å²) in [5.74, 6) is 1.05. The third-order valence-electron chi connectivity index (χ3n) is 5.60. The van der Waals surface area contributed by atoms with Gasteiger partial charge in [-0.3, -0.25) is 0 Å². The van der Waals surface area contributed by atoms with Crippen molar-refractivity contribution in [3.63, 3.8) is 0 Å². The number of hydrogen-bond acceptors (Lipinski definition) is 5. The fraction of sp³-hybridized carbons (Fsp3) is 0.318. The van der Waals surface area contributed by atoms with Gasteiger partial charge in [0, 0.05) is 11.4 Å². The summed E-state index contributed by atoms with van der Waals surface area (Å²) >= 11 is 0. The third-order valence-corrected chi connectivity index (χ3v) is 5.60. The lowest BCUT2D eigenvalue weighted by molar-refractivity contribution is 1.05. The molecule has 0 aliphatic rings. The molecule has 0 amide bonds. The van der Waals surface area contributed by atoms with Gasteiger partial charge in [0.1, 0.15) is 6.33 Å². The van der Waals surface area contributed by atoms with Gasteiger partial charge in [0.2, 0.25) is 11.9 Å². The van der Waals surface area contributed by atoms with Gasteiger partial charge in [-0.25, -0.2) is 9.97 Å². The Labute approximate surface area is 161 Å². The summed E-state index contributed by atoms with van der Waals surface area (Å²) in [4.78, 5) is 13.1. The minimum Gasteiger partial charge on any atom is -0.324 e. The minimum absolute atomic E-state index is 0.525. The van der Waals surface area contributed by atoms with E-state index >= 15 is 0 Å². The fourth-order valence-electron chi connectivity index (χ4n) is 3.09. The number of nitrogens with one attached hydrogen (secondary N) is 2. The molecule has 2 N–H and O–H groups in total. The van der Waals surface area contributed by atoms with Crippen molar-refractivity contribution < 1.29 is 0 Å². The van der Waals surface area contributed by atoms with E-state index in [1.165, 1.54) is 45.3 Å². The predicted octanol–water partition coefficient (Wildman–Crippen LogP) is 5.52. The summed E-state index contributed by atoms with van der Waals surface area (Å²) < 4.78 is 0. The average molecular weight is 361 g/mol. The molecule has 3 rings (SSSR count). The van der Waals surface area contributed by atoms with Crippen molar-refractivity contribution in [2.75, 3.05) is 10.6 Å². The Balaban J connectivity index is 1.88. The molecule has 0 aliphatic heterocycles. The van der Waals surface area contributed by atoms with Crippen molar-refractivity contribution >= 4 is 23.3 Å². The van der Waals surface area contributed by atoms with Crippen LogP contribution < -0.4 is 10.6 Å². The Morgan fingerprint density at radius 2 is 1.15 bits per heavy atom. The highest BCUT2D eigenvalue weighted by Gasteiger charge is 2.10. The molecule has 0 spiro atoms. The van der Waals surface area contributed by atoms with Crippen molar-refractivity contribution in [2.24, 2.45) is 0 Å². The number of anilines is 4. The van der Waals surface area contributed by atoms with E-state index in [2.05, 4.69) is 92.3 Å². The molecule has 0 saturated heterocycles. The van der Waals surface area contributed by atoms with Gasteiger partial charge in [0.25, 0.3) is 0 Å². The SMILES string of the molecule is Cc1ccc(Nc2ncnc(Nc3cc(C)c(C)c(C)c3C)n2)c(C)c1C. The van der Waals surface area contributed by atoms with Crippen LogP contribution in [0.3, 0.4) is 0 Å². The van der Waals surface area contributed by atoms with Crippen molar-refractivity contribution in [1.29, 1.82) is 0 Å². The normalized spacial score (nSPS) is 10.8. The van der Waals surface area contributed by atoms with E-state index in [4.69, 9.17) is 0 Å². The molecular formula is C22H27N5. The average Bonchev–Trinajstić information content (AvgIpc) is 2.65. The molecule has 1 heterocycles. The van der Waals surface area contributed by atoms with E-state index < -0.39 is 0 Å². The summed E-state index contributed by atoms with van der Waals surface area (Å²) in [6.07, 6.45) is 1.53. The van der Waals surface area contributed by atoms with Gasteiger partial charge in [-0.2, -0.15) is 4.98 Å². The number of rotatable bonds is 4.